The molecule has 20 heavy (non-hydrogen) atoms. The highest BCUT2D eigenvalue weighted by Gasteiger charge is 2.33. The summed E-state index contributed by atoms with van der Waals surface area (Å²) in [4.78, 5) is 2.59. The molecule has 1 aliphatic rings. The molecule has 2 atom stereocenters. The number of hydrogen-bond donors (Lipinski definition) is 1. The quantitative estimate of drug-likeness (QED) is 0.877. The highest BCUT2D eigenvalue weighted by atomic mass is 16.3. The van der Waals surface area contributed by atoms with E-state index in [2.05, 4.69) is 25.7 Å². The van der Waals surface area contributed by atoms with Crippen molar-refractivity contribution in [2.75, 3.05) is 13.1 Å². The molecule has 2 rings (SSSR count). The molecule has 1 fully saturated rings. The minimum absolute atomic E-state index is 0.119. The lowest BCUT2D eigenvalue weighted by Crippen LogP contribution is -2.46. The lowest BCUT2D eigenvalue weighted by atomic mass is 9.81. The standard InChI is InChI=1S/C18H29NO/c1-4-16-12-8-9-13-19(16)14-18(2,3)17(20)15-10-6-5-7-11-15/h5-7,10-11,16-17,20H,4,8-9,12-14H2,1-3H3. The Hall–Kier alpha value is -0.860. The summed E-state index contributed by atoms with van der Waals surface area (Å²) in [6.07, 6.45) is 4.79. The number of piperidine rings is 1. The molecule has 2 heteroatoms. The van der Waals surface area contributed by atoms with Crippen molar-refractivity contribution >= 4 is 0 Å². The van der Waals surface area contributed by atoms with Crippen molar-refractivity contribution in [3.8, 4) is 0 Å². The molecule has 0 spiro atoms. The summed E-state index contributed by atoms with van der Waals surface area (Å²) in [6, 6.07) is 10.8. The Morgan fingerprint density at radius 1 is 1.25 bits per heavy atom. The minimum atomic E-state index is -0.400. The second-order valence-electron chi connectivity index (χ2n) is 6.83. The van der Waals surface area contributed by atoms with Gasteiger partial charge in [0.05, 0.1) is 6.10 Å². The smallest absolute Gasteiger partial charge is 0.0853 e. The molecule has 2 nitrogen and oxygen atoms in total. The topological polar surface area (TPSA) is 23.5 Å². The van der Waals surface area contributed by atoms with Gasteiger partial charge in [0.25, 0.3) is 0 Å². The van der Waals surface area contributed by atoms with Crippen molar-refractivity contribution in [2.45, 2.75) is 58.6 Å². The van der Waals surface area contributed by atoms with Gasteiger partial charge in [0, 0.05) is 18.0 Å². The Labute approximate surface area is 123 Å². The van der Waals surface area contributed by atoms with Crippen LogP contribution in [0.3, 0.4) is 0 Å². The lowest BCUT2D eigenvalue weighted by molar-refractivity contribution is 0.000332. The van der Waals surface area contributed by atoms with Crippen LogP contribution in [0.15, 0.2) is 30.3 Å². The first-order chi connectivity index (χ1) is 9.54. The van der Waals surface area contributed by atoms with Gasteiger partial charge in [-0.25, -0.2) is 0 Å². The zero-order chi connectivity index (χ0) is 14.6. The van der Waals surface area contributed by atoms with Crippen molar-refractivity contribution in [1.29, 1.82) is 0 Å². The summed E-state index contributed by atoms with van der Waals surface area (Å²) >= 11 is 0. The van der Waals surface area contributed by atoms with Gasteiger partial charge in [0.15, 0.2) is 0 Å². The molecule has 1 aromatic rings. The van der Waals surface area contributed by atoms with Gasteiger partial charge in [-0.3, -0.25) is 4.90 Å². The molecular weight excluding hydrogens is 246 g/mol. The Balaban J connectivity index is 2.05. The van der Waals surface area contributed by atoms with Crippen LogP contribution >= 0.6 is 0 Å². The number of benzene rings is 1. The van der Waals surface area contributed by atoms with E-state index >= 15 is 0 Å². The Morgan fingerprint density at radius 2 is 1.95 bits per heavy atom. The summed E-state index contributed by atoms with van der Waals surface area (Å²) in [5.41, 5.74) is 0.911. The molecule has 112 valence electrons. The van der Waals surface area contributed by atoms with Gasteiger partial charge in [-0.15, -0.1) is 0 Å². The maximum absolute atomic E-state index is 10.7. The average molecular weight is 275 g/mol. The number of likely N-dealkylation sites (tertiary alicyclic amines) is 1. The molecule has 1 aromatic carbocycles. The minimum Gasteiger partial charge on any atom is -0.388 e. The van der Waals surface area contributed by atoms with Gasteiger partial charge >= 0.3 is 0 Å². The summed E-state index contributed by atoms with van der Waals surface area (Å²) in [5, 5.41) is 10.7. The maximum Gasteiger partial charge on any atom is 0.0853 e. The number of rotatable bonds is 5. The van der Waals surface area contributed by atoms with Crippen LogP contribution in [0.25, 0.3) is 0 Å². The molecule has 0 radical (unpaired) electrons. The van der Waals surface area contributed by atoms with Gasteiger partial charge in [0.1, 0.15) is 0 Å². The number of nitrogens with zero attached hydrogens (tertiary/aromatic N) is 1. The highest BCUT2D eigenvalue weighted by Crippen LogP contribution is 2.35. The molecule has 0 amide bonds. The van der Waals surface area contributed by atoms with E-state index in [9.17, 15) is 5.11 Å². The van der Waals surface area contributed by atoms with Crippen LogP contribution in [0.1, 0.15) is 58.1 Å². The first-order valence-corrected chi connectivity index (χ1v) is 8.01. The Morgan fingerprint density at radius 3 is 2.60 bits per heavy atom. The maximum atomic E-state index is 10.7. The Kier molecular flexibility index (Phi) is 5.22. The SMILES string of the molecule is CCC1CCCCN1CC(C)(C)C(O)c1ccccc1. The fourth-order valence-electron chi connectivity index (χ4n) is 3.43. The van der Waals surface area contributed by atoms with Crippen molar-refractivity contribution in [2.24, 2.45) is 5.41 Å². The van der Waals surface area contributed by atoms with Crippen molar-refractivity contribution in [3.63, 3.8) is 0 Å². The van der Waals surface area contributed by atoms with E-state index in [1.165, 1.54) is 32.2 Å². The van der Waals surface area contributed by atoms with Gasteiger partial charge in [0.2, 0.25) is 0 Å². The van der Waals surface area contributed by atoms with Crippen LogP contribution in [0.2, 0.25) is 0 Å². The van der Waals surface area contributed by atoms with E-state index in [0.29, 0.717) is 6.04 Å². The van der Waals surface area contributed by atoms with E-state index in [-0.39, 0.29) is 5.41 Å². The third kappa shape index (κ3) is 3.62. The van der Waals surface area contributed by atoms with E-state index in [1.54, 1.807) is 0 Å². The molecule has 2 unspecified atom stereocenters. The van der Waals surface area contributed by atoms with E-state index in [1.807, 2.05) is 30.3 Å². The molecule has 1 saturated heterocycles. The molecule has 0 aromatic heterocycles. The fourth-order valence-corrected chi connectivity index (χ4v) is 3.43. The number of hydrogen-bond acceptors (Lipinski definition) is 2. The molecule has 0 aliphatic carbocycles. The predicted octanol–water partition coefficient (Wildman–Crippen LogP) is 4.01. The third-order valence-corrected chi connectivity index (χ3v) is 4.69. The first-order valence-electron chi connectivity index (χ1n) is 8.01. The summed E-state index contributed by atoms with van der Waals surface area (Å²) in [5.74, 6) is 0. The zero-order valence-electron chi connectivity index (χ0n) is 13.2. The van der Waals surface area contributed by atoms with Crippen LogP contribution in [0.4, 0.5) is 0 Å². The van der Waals surface area contributed by atoms with Gasteiger partial charge in [-0.2, -0.15) is 0 Å². The summed E-state index contributed by atoms with van der Waals surface area (Å²) < 4.78 is 0. The summed E-state index contributed by atoms with van der Waals surface area (Å²) in [6.45, 7) is 8.81. The molecule has 1 N–H and O–H groups in total. The fraction of sp³-hybridized carbons (Fsp3) is 0.667. The van der Waals surface area contributed by atoms with Gasteiger partial charge < -0.3 is 5.11 Å². The van der Waals surface area contributed by atoms with Crippen LogP contribution in [-0.4, -0.2) is 29.1 Å². The summed E-state index contributed by atoms with van der Waals surface area (Å²) in [7, 11) is 0. The van der Waals surface area contributed by atoms with Crippen molar-refractivity contribution in [1.82, 2.24) is 4.90 Å². The van der Waals surface area contributed by atoms with Crippen LogP contribution in [0, 0.1) is 5.41 Å². The molecule has 1 aliphatic heterocycles. The monoisotopic (exact) mass is 275 g/mol. The molecule has 0 saturated carbocycles. The van der Waals surface area contributed by atoms with Crippen molar-refractivity contribution < 1.29 is 5.11 Å². The van der Waals surface area contributed by atoms with E-state index < -0.39 is 6.10 Å². The first kappa shape index (κ1) is 15.5. The third-order valence-electron chi connectivity index (χ3n) is 4.69. The van der Waals surface area contributed by atoms with Crippen LogP contribution in [0.5, 0.6) is 0 Å². The van der Waals surface area contributed by atoms with E-state index in [4.69, 9.17) is 0 Å². The number of aliphatic hydroxyl groups excluding tert-OH is 1. The lowest BCUT2D eigenvalue weighted by Gasteiger charge is -2.42. The second kappa shape index (κ2) is 6.73. The van der Waals surface area contributed by atoms with Crippen LogP contribution in [-0.2, 0) is 0 Å². The van der Waals surface area contributed by atoms with Gasteiger partial charge in [-0.05, 0) is 31.4 Å². The number of aliphatic hydroxyl groups is 1. The molecular formula is C18H29NO. The van der Waals surface area contributed by atoms with Crippen molar-refractivity contribution in [3.05, 3.63) is 35.9 Å². The van der Waals surface area contributed by atoms with Crippen LogP contribution < -0.4 is 0 Å². The second-order valence-corrected chi connectivity index (χ2v) is 6.83. The largest absolute Gasteiger partial charge is 0.388 e. The molecule has 0 bridgehead atoms. The predicted molar refractivity (Wildman–Crippen MR) is 84.7 cm³/mol. The normalized spacial score (nSPS) is 22.7. The Bertz CT molecular complexity index is 401. The van der Waals surface area contributed by atoms with Gasteiger partial charge in [-0.1, -0.05) is 57.5 Å². The van der Waals surface area contributed by atoms with E-state index in [0.717, 1.165) is 12.1 Å². The zero-order valence-corrected chi connectivity index (χ0v) is 13.2. The molecule has 1 heterocycles. The highest BCUT2D eigenvalue weighted by molar-refractivity contribution is 5.19. The average Bonchev–Trinajstić information content (AvgIpc) is 2.47.